The van der Waals surface area contributed by atoms with Gasteiger partial charge in [0.05, 0.1) is 18.0 Å². The number of aryl methyl sites for hydroxylation is 1. The van der Waals surface area contributed by atoms with Gasteiger partial charge in [0.1, 0.15) is 6.61 Å². The number of ether oxygens (including phenoxy) is 2. The van der Waals surface area contributed by atoms with Gasteiger partial charge in [0.25, 0.3) is 0 Å². The van der Waals surface area contributed by atoms with Crippen LogP contribution in [0.3, 0.4) is 0 Å². The molecule has 5 heteroatoms. The fourth-order valence-corrected chi connectivity index (χ4v) is 1.80. The van der Waals surface area contributed by atoms with Crippen molar-refractivity contribution in [1.29, 1.82) is 0 Å². The first-order valence-electron chi connectivity index (χ1n) is 7.12. The molecule has 5 nitrogen and oxygen atoms in total. The van der Waals surface area contributed by atoms with Crippen molar-refractivity contribution in [1.82, 2.24) is 15.3 Å². The molecule has 0 atom stereocenters. The van der Waals surface area contributed by atoms with Crippen LogP contribution in [0.1, 0.15) is 18.3 Å². The van der Waals surface area contributed by atoms with Gasteiger partial charge < -0.3 is 14.8 Å². The van der Waals surface area contributed by atoms with Gasteiger partial charge in [0.15, 0.2) is 11.5 Å². The quantitative estimate of drug-likeness (QED) is 0.755. The van der Waals surface area contributed by atoms with E-state index in [2.05, 4.69) is 15.3 Å². The van der Waals surface area contributed by atoms with E-state index in [1.54, 1.807) is 12.4 Å². The fourth-order valence-electron chi connectivity index (χ4n) is 1.80. The number of nitrogens with one attached hydrogen (secondary N) is 1. The number of nitrogens with zero attached hydrogens (tertiary/aromatic N) is 2. The van der Waals surface area contributed by atoms with Crippen LogP contribution in [0, 0.1) is 6.92 Å². The Labute approximate surface area is 125 Å². The Bertz CT molecular complexity index is 543. The van der Waals surface area contributed by atoms with Crippen molar-refractivity contribution in [2.45, 2.75) is 20.4 Å². The molecule has 0 unspecified atom stereocenters. The normalized spacial score (nSPS) is 10.4. The van der Waals surface area contributed by atoms with Crippen molar-refractivity contribution in [2.24, 2.45) is 0 Å². The Hall–Kier alpha value is -2.14. The minimum Gasteiger partial charge on any atom is -0.490 e. The van der Waals surface area contributed by atoms with E-state index in [9.17, 15) is 0 Å². The van der Waals surface area contributed by atoms with E-state index in [4.69, 9.17) is 9.47 Å². The van der Waals surface area contributed by atoms with Crippen molar-refractivity contribution >= 4 is 0 Å². The molecule has 1 heterocycles. The molecule has 1 aromatic carbocycles. The molecule has 21 heavy (non-hydrogen) atoms. The van der Waals surface area contributed by atoms with Crippen LogP contribution >= 0.6 is 0 Å². The van der Waals surface area contributed by atoms with E-state index in [1.165, 1.54) is 0 Å². The van der Waals surface area contributed by atoms with Crippen LogP contribution in [-0.2, 0) is 6.54 Å². The largest absolute Gasteiger partial charge is 0.490 e. The lowest BCUT2D eigenvalue weighted by Gasteiger charge is -2.11. The monoisotopic (exact) mass is 287 g/mol. The van der Waals surface area contributed by atoms with E-state index >= 15 is 0 Å². The van der Waals surface area contributed by atoms with Crippen molar-refractivity contribution in [2.75, 3.05) is 19.8 Å². The zero-order valence-corrected chi connectivity index (χ0v) is 12.5. The van der Waals surface area contributed by atoms with Gasteiger partial charge in [0.2, 0.25) is 0 Å². The number of hydrogen-bond acceptors (Lipinski definition) is 5. The van der Waals surface area contributed by atoms with E-state index in [0.29, 0.717) is 19.8 Å². The van der Waals surface area contributed by atoms with Gasteiger partial charge >= 0.3 is 0 Å². The Morgan fingerprint density at radius 2 is 1.81 bits per heavy atom. The van der Waals surface area contributed by atoms with E-state index in [1.807, 2.05) is 38.1 Å². The molecule has 112 valence electrons. The molecular formula is C16H21N3O2. The average Bonchev–Trinajstić information content (AvgIpc) is 2.51. The van der Waals surface area contributed by atoms with Crippen LogP contribution in [0.4, 0.5) is 0 Å². The van der Waals surface area contributed by atoms with Crippen LogP contribution in [0.15, 0.2) is 36.7 Å². The number of para-hydroxylation sites is 2. The van der Waals surface area contributed by atoms with Gasteiger partial charge in [-0.15, -0.1) is 0 Å². The van der Waals surface area contributed by atoms with Crippen molar-refractivity contribution in [3.8, 4) is 11.5 Å². The maximum absolute atomic E-state index is 5.72. The number of hydrogen-bond donors (Lipinski definition) is 1. The second kappa shape index (κ2) is 8.21. The summed E-state index contributed by atoms with van der Waals surface area (Å²) in [5, 5.41) is 3.27. The lowest BCUT2D eigenvalue weighted by Crippen LogP contribution is -2.21. The topological polar surface area (TPSA) is 56.3 Å². The predicted molar refractivity (Wildman–Crippen MR) is 81.6 cm³/mol. The Morgan fingerprint density at radius 1 is 1.05 bits per heavy atom. The lowest BCUT2D eigenvalue weighted by atomic mass is 10.3. The summed E-state index contributed by atoms with van der Waals surface area (Å²) in [7, 11) is 0. The number of rotatable bonds is 8. The zero-order valence-electron chi connectivity index (χ0n) is 12.5. The Kier molecular flexibility index (Phi) is 5.97. The highest BCUT2D eigenvalue weighted by atomic mass is 16.5. The van der Waals surface area contributed by atoms with Crippen molar-refractivity contribution in [3.05, 3.63) is 48.0 Å². The van der Waals surface area contributed by atoms with E-state index in [0.717, 1.165) is 29.4 Å². The molecule has 0 fully saturated rings. The highest BCUT2D eigenvalue weighted by molar-refractivity contribution is 5.39. The Morgan fingerprint density at radius 3 is 2.48 bits per heavy atom. The molecule has 0 amide bonds. The minimum absolute atomic E-state index is 0.573. The maximum Gasteiger partial charge on any atom is 0.161 e. The summed E-state index contributed by atoms with van der Waals surface area (Å²) in [4.78, 5) is 8.49. The molecule has 0 radical (unpaired) electrons. The molecule has 1 N–H and O–H groups in total. The van der Waals surface area contributed by atoms with Gasteiger partial charge in [-0.1, -0.05) is 12.1 Å². The smallest absolute Gasteiger partial charge is 0.161 e. The van der Waals surface area contributed by atoms with Crippen LogP contribution in [0.2, 0.25) is 0 Å². The van der Waals surface area contributed by atoms with Crippen LogP contribution < -0.4 is 14.8 Å². The molecular weight excluding hydrogens is 266 g/mol. The molecule has 2 rings (SSSR count). The van der Waals surface area contributed by atoms with E-state index in [-0.39, 0.29) is 0 Å². The predicted octanol–water partition coefficient (Wildman–Crippen LogP) is 2.35. The summed E-state index contributed by atoms with van der Waals surface area (Å²) in [6, 6.07) is 7.70. The number of aromatic nitrogens is 2. The Balaban J connectivity index is 1.71. The van der Waals surface area contributed by atoms with Crippen LogP contribution in [0.5, 0.6) is 11.5 Å². The number of benzene rings is 1. The SMILES string of the molecule is CCOc1ccccc1OCCNCc1cnc(C)cn1. The molecule has 0 spiro atoms. The summed E-state index contributed by atoms with van der Waals surface area (Å²) >= 11 is 0. The third-order valence-corrected chi connectivity index (χ3v) is 2.83. The van der Waals surface area contributed by atoms with E-state index < -0.39 is 0 Å². The molecule has 0 bridgehead atoms. The maximum atomic E-state index is 5.72. The minimum atomic E-state index is 0.573. The fraction of sp³-hybridized carbons (Fsp3) is 0.375. The van der Waals surface area contributed by atoms with Crippen molar-refractivity contribution in [3.63, 3.8) is 0 Å². The van der Waals surface area contributed by atoms with Gasteiger partial charge in [-0.3, -0.25) is 9.97 Å². The van der Waals surface area contributed by atoms with Gasteiger partial charge in [0, 0.05) is 25.5 Å². The van der Waals surface area contributed by atoms with Crippen molar-refractivity contribution < 1.29 is 9.47 Å². The molecule has 1 aromatic heterocycles. The summed E-state index contributed by atoms with van der Waals surface area (Å²) in [6.07, 6.45) is 3.55. The third-order valence-electron chi connectivity index (χ3n) is 2.83. The highest BCUT2D eigenvalue weighted by Crippen LogP contribution is 2.25. The molecule has 2 aromatic rings. The first-order chi connectivity index (χ1) is 10.3. The molecule has 0 aliphatic rings. The lowest BCUT2D eigenvalue weighted by molar-refractivity contribution is 0.275. The summed E-state index contributed by atoms with van der Waals surface area (Å²) in [5.41, 5.74) is 1.85. The van der Waals surface area contributed by atoms with Gasteiger partial charge in [-0.25, -0.2) is 0 Å². The first-order valence-corrected chi connectivity index (χ1v) is 7.12. The summed E-state index contributed by atoms with van der Waals surface area (Å²) in [6.45, 7) is 6.50. The molecule has 0 aliphatic heterocycles. The second-order valence-electron chi connectivity index (χ2n) is 4.55. The van der Waals surface area contributed by atoms with Crippen LogP contribution in [-0.4, -0.2) is 29.7 Å². The summed E-state index contributed by atoms with van der Waals surface area (Å²) < 4.78 is 11.2. The first kappa shape index (κ1) is 15.3. The summed E-state index contributed by atoms with van der Waals surface area (Å²) in [5.74, 6) is 1.56. The van der Waals surface area contributed by atoms with Gasteiger partial charge in [-0.2, -0.15) is 0 Å². The second-order valence-corrected chi connectivity index (χ2v) is 4.55. The molecule has 0 aliphatic carbocycles. The van der Waals surface area contributed by atoms with Gasteiger partial charge in [-0.05, 0) is 26.0 Å². The molecule has 0 saturated heterocycles. The highest BCUT2D eigenvalue weighted by Gasteiger charge is 2.02. The molecule has 0 saturated carbocycles. The standard InChI is InChI=1S/C16H21N3O2/c1-3-20-15-6-4-5-7-16(15)21-9-8-17-11-14-12-18-13(2)10-19-14/h4-7,10,12,17H,3,8-9,11H2,1-2H3. The van der Waals surface area contributed by atoms with Crippen LogP contribution in [0.25, 0.3) is 0 Å². The third kappa shape index (κ3) is 5.04. The average molecular weight is 287 g/mol. The zero-order chi connectivity index (χ0) is 14.9.